The van der Waals surface area contributed by atoms with Crippen molar-refractivity contribution in [3.05, 3.63) is 29.8 Å². The van der Waals surface area contributed by atoms with Crippen molar-refractivity contribution in [1.82, 2.24) is 9.80 Å². The van der Waals surface area contributed by atoms with Crippen LogP contribution in [0.25, 0.3) is 0 Å². The Morgan fingerprint density at radius 2 is 1.88 bits per heavy atom. The minimum Gasteiger partial charge on any atom is -0.379 e. The number of hydrogen-bond acceptors (Lipinski definition) is 3. The Labute approximate surface area is 143 Å². The van der Waals surface area contributed by atoms with Crippen LogP contribution in [0.4, 0.5) is 5.69 Å². The van der Waals surface area contributed by atoms with E-state index in [0.717, 1.165) is 5.69 Å². The zero-order valence-corrected chi connectivity index (χ0v) is 14.7. The molecule has 0 spiro atoms. The third kappa shape index (κ3) is 2.06. The molecule has 1 aromatic carbocycles. The largest absolute Gasteiger partial charge is 0.379 e. The van der Waals surface area contributed by atoms with Gasteiger partial charge in [-0.25, -0.2) is 0 Å². The van der Waals surface area contributed by atoms with E-state index in [1.807, 2.05) is 31.7 Å². The van der Waals surface area contributed by atoms with E-state index in [-0.39, 0.29) is 47.9 Å². The Morgan fingerprint density at radius 1 is 1.17 bits per heavy atom. The lowest BCUT2D eigenvalue weighted by molar-refractivity contribution is -0.166. The second-order valence-electron chi connectivity index (χ2n) is 8.25. The van der Waals surface area contributed by atoms with Gasteiger partial charge in [0.15, 0.2) is 0 Å². The highest BCUT2D eigenvalue weighted by molar-refractivity contribution is 5.96. The minimum atomic E-state index is -0.338. The average molecular weight is 327 g/mol. The van der Waals surface area contributed by atoms with Crippen LogP contribution in [0.3, 0.4) is 0 Å². The van der Waals surface area contributed by atoms with Crippen LogP contribution >= 0.6 is 0 Å². The Hall–Kier alpha value is -2.04. The Balaban J connectivity index is 1.71. The predicted octanol–water partition coefficient (Wildman–Crippen LogP) is 2.19. The number of fused-ring (bicyclic) bond motifs is 4. The standard InChI is InChI=1S/C19H25N3O2/c1-11-17-13(12-7-5-6-8-14(12)20-17)9-15-18(24)21(19(2,3)4)10-16(23)22(11)15/h5-8,11,13,15,17,20H,9-10H2,1-4H3. The van der Waals surface area contributed by atoms with Crippen molar-refractivity contribution in [1.29, 1.82) is 0 Å². The van der Waals surface area contributed by atoms with Gasteiger partial charge in [0.1, 0.15) is 12.6 Å². The molecule has 4 atom stereocenters. The highest BCUT2D eigenvalue weighted by atomic mass is 16.2. The molecule has 5 heteroatoms. The molecular formula is C19H25N3O2. The van der Waals surface area contributed by atoms with Gasteiger partial charge >= 0.3 is 0 Å². The van der Waals surface area contributed by atoms with Crippen LogP contribution in [-0.2, 0) is 9.59 Å². The van der Waals surface area contributed by atoms with Crippen LogP contribution in [-0.4, -0.2) is 51.8 Å². The van der Waals surface area contributed by atoms with Crippen molar-refractivity contribution >= 4 is 17.5 Å². The van der Waals surface area contributed by atoms with Gasteiger partial charge in [-0.1, -0.05) is 18.2 Å². The molecule has 3 aliphatic rings. The number of nitrogens with one attached hydrogen (secondary N) is 1. The number of rotatable bonds is 0. The van der Waals surface area contributed by atoms with E-state index in [9.17, 15) is 9.59 Å². The molecule has 0 bridgehead atoms. The fourth-order valence-electron chi connectivity index (χ4n) is 4.63. The van der Waals surface area contributed by atoms with Crippen LogP contribution in [0.15, 0.2) is 24.3 Å². The summed E-state index contributed by atoms with van der Waals surface area (Å²) in [6.07, 6.45) is 0.705. The van der Waals surface area contributed by atoms with Gasteiger partial charge in [0.2, 0.25) is 11.8 Å². The molecule has 0 aliphatic carbocycles. The molecule has 2 amide bonds. The molecule has 24 heavy (non-hydrogen) atoms. The molecule has 2 fully saturated rings. The zero-order valence-electron chi connectivity index (χ0n) is 14.7. The number of para-hydroxylation sites is 1. The van der Waals surface area contributed by atoms with Crippen molar-refractivity contribution in [3.63, 3.8) is 0 Å². The molecule has 1 aromatic rings. The predicted molar refractivity (Wildman–Crippen MR) is 92.8 cm³/mol. The molecule has 4 rings (SSSR count). The number of piperidine rings is 1. The summed E-state index contributed by atoms with van der Waals surface area (Å²) in [6.45, 7) is 8.24. The first kappa shape index (κ1) is 15.5. The summed E-state index contributed by atoms with van der Waals surface area (Å²) < 4.78 is 0. The van der Waals surface area contributed by atoms with Gasteiger partial charge < -0.3 is 15.1 Å². The number of benzene rings is 1. The number of hydrogen-bond donors (Lipinski definition) is 1. The third-order valence-electron chi connectivity index (χ3n) is 5.83. The molecule has 2 saturated heterocycles. The van der Waals surface area contributed by atoms with Crippen LogP contribution < -0.4 is 5.32 Å². The van der Waals surface area contributed by atoms with Gasteiger partial charge in [0, 0.05) is 17.1 Å². The second kappa shape index (κ2) is 4.98. The Morgan fingerprint density at radius 3 is 2.58 bits per heavy atom. The van der Waals surface area contributed by atoms with Crippen molar-refractivity contribution in [2.45, 2.75) is 63.7 Å². The van der Waals surface area contributed by atoms with E-state index in [2.05, 4.69) is 30.4 Å². The van der Waals surface area contributed by atoms with E-state index in [4.69, 9.17) is 0 Å². The Bertz CT molecular complexity index is 709. The van der Waals surface area contributed by atoms with Crippen molar-refractivity contribution in [2.75, 3.05) is 11.9 Å². The normalized spacial score (nSPS) is 32.2. The molecule has 4 unspecified atom stereocenters. The van der Waals surface area contributed by atoms with E-state index in [0.29, 0.717) is 6.42 Å². The zero-order chi connectivity index (χ0) is 17.2. The van der Waals surface area contributed by atoms with Crippen molar-refractivity contribution in [2.24, 2.45) is 0 Å². The van der Waals surface area contributed by atoms with E-state index >= 15 is 0 Å². The maximum atomic E-state index is 13.1. The number of anilines is 1. The summed E-state index contributed by atoms with van der Waals surface area (Å²) >= 11 is 0. The second-order valence-corrected chi connectivity index (χ2v) is 8.25. The molecule has 1 N–H and O–H groups in total. The number of piperazine rings is 1. The SMILES string of the molecule is CC1C2Nc3ccccc3C2CC2C(=O)N(C(C)(C)C)CC(=O)N21. The molecule has 0 aromatic heterocycles. The summed E-state index contributed by atoms with van der Waals surface area (Å²) in [4.78, 5) is 29.5. The quantitative estimate of drug-likeness (QED) is 0.795. The maximum absolute atomic E-state index is 13.1. The fourth-order valence-corrected chi connectivity index (χ4v) is 4.63. The van der Waals surface area contributed by atoms with Gasteiger partial charge in [0.05, 0.1) is 12.1 Å². The smallest absolute Gasteiger partial charge is 0.246 e. The molecule has 3 heterocycles. The molecule has 128 valence electrons. The van der Waals surface area contributed by atoms with Crippen LogP contribution in [0.1, 0.15) is 45.6 Å². The van der Waals surface area contributed by atoms with Crippen molar-refractivity contribution in [3.8, 4) is 0 Å². The maximum Gasteiger partial charge on any atom is 0.246 e. The van der Waals surface area contributed by atoms with Gasteiger partial charge in [-0.15, -0.1) is 0 Å². The highest BCUT2D eigenvalue weighted by Crippen LogP contribution is 2.46. The van der Waals surface area contributed by atoms with E-state index < -0.39 is 0 Å². The van der Waals surface area contributed by atoms with E-state index in [1.54, 1.807) is 4.90 Å². The molecule has 3 aliphatic heterocycles. The number of nitrogens with zero attached hydrogens (tertiary/aromatic N) is 2. The molecule has 0 saturated carbocycles. The first-order valence-corrected chi connectivity index (χ1v) is 8.77. The minimum absolute atomic E-state index is 0.0136. The molecular weight excluding hydrogens is 302 g/mol. The highest BCUT2D eigenvalue weighted by Gasteiger charge is 2.53. The number of amides is 2. The number of carbonyl (C=O) groups is 2. The monoisotopic (exact) mass is 327 g/mol. The number of carbonyl (C=O) groups excluding carboxylic acids is 2. The van der Waals surface area contributed by atoms with Crippen LogP contribution in [0.5, 0.6) is 0 Å². The third-order valence-corrected chi connectivity index (χ3v) is 5.83. The van der Waals surface area contributed by atoms with Gasteiger partial charge in [0.25, 0.3) is 0 Å². The average Bonchev–Trinajstić information content (AvgIpc) is 2.89. The lowest BCUT2D eigenvalue weighted by atomic mass is 9.78. The summed E-state index contributed by atoms with van der Waals surface area (Å²) in [5.74, 6) is 0.448. The topological polar surface area (TPSA) is 52.7 Å². The van der Waals surface area contributed by atoms with Crippen LogP contribution in [0.2, 0.25) is 0 Å². The summed E-state index contributed by atoms with van der Waals surface area (Å²) in [5, 5.41) is 3.58. The van der Waals surface area contributed by atoms with Gasteiger partial charge in [-0.05, 0) is 45.7 Å². The van der Waals surface area contributed by atoms with Crippen LogP contribution in [0, 0.1) is 0 Å². The van der Waals surface area contributed by atoms with Crippen molar-refractivity contribution < 1.29 is 9.59 Å². The lowest BCUT2D eigenvalue weighted by Crippen LogP contribution is -2.70. The molecule has 5 nitrogen and oxygen atoms in total. The fraction of sp³-hybridized carbons (Fsp3) is 0.579. The molecule has 0 radical (unpaired) electrons. The summed E-state index contributed by atoms with van der Waals surface area (Å²) in [6, 6.07) is 8.18. The summed E-state index contributed by atoms with van der Waals surface area (Å²) in [5.41, 5.74) is 2.10. The van der Waals surface area contributed by atoms with Gasteiger partial charge in [-0.3, -0.25) is 9.59 Å². The first-order chi connectivity index (χ1) is 11.3. The summed E-state index contributed by atoms with van der Waals surface area (Å²) in [7, 11) is 0. The van der Waals surface area contributed by atoms with Gasteiger partial charge in [-0.2, -0.15) is 0 Å². The lowest BCUT2D eigenvalue weighted by Gasteiger charge is -2.52. The Kier molecular flexibility index (Phi) is 3.21. The first-order valence-electron chi connectivity index (χ1n) is 8.77. The van der Waals surface area contributed by atoms with E-state index in [1.165, 1.54) is 5.56 Å².